The average molecular weight is 349 g/mol. The van der Waals surface area contributed by atoms with Crippen LogP contribution in [-0.2, 0) is 7.05 Å². The summed E-state index contributed by atoms with van der Waals surface area (Å²) in [5.41, 5.74) is 1.20. The first-order valence-electron chi connectivity index (χ1n) is 8.86. The third-order valence-electron chi connectivity index (χ3n) is 4.61. The van der Waals surface area contributed by atoms with E-state index in [2.05, 4.69) is 4.98 Å². The number of rotatable bonds is 5. The van der Waals surface area contributed by atoms with Crippen molar-refractivity contribution in [1.29, 1.82) is 0 Å². The van der Waals surface area contributed by atoms with Gasteiger partial charge in [0.15, 0.2) is 0 Å². The average Bonchev–Trinajstić information content (AvgIpc) is 2.68. The van der Waals surface area contributed by atoms with Crippen molar-refractivity contribution in [3.05, 3.63) is 76.3 Å². The highest BCUT2D eigenvalue weighted by Crippen LogP contribution is 2.22. The molecule has 3 aromatic rings. The first-order valence-corrected chi connectivity index (χ1v) is 8.86. The van der Waals surface area contributed by atoms with Crippen molar-refractivity contribution in [2.45, 2.75) is 26.3 Å². The molecule has 0 aliphatic heterocycles. The zero-order valence-electron chi connectivity index (χ0n) is 15.3. The van der Waals surface area contributed by atoms with Crippen LogP contribution in [0.5, 0.6) is 0 Å². The van der Waals surface area contributed by atoms with Crippen LogP contribution in [0.4, 0.5) is 0 Å². The lowest BCUT2D eigenvalue weighted by molar-refractivity contribution is 0.0680. The lowest BCUT2D eigenvalue weighted by Crippen LogP contribution is -2.37. The number of carbonyl (C=O) groups excluding carboxylic acids is 1. The largest absolute Gasteiger partial charge is 0.329 e. The Balaban J connectivity index is 2.06. The van der Waals surface area contributed by atoms with E-state index in [9.17, 15) is 9.59 Å². The molecule has 1 aromatic heterocycles. The van der Waals surface area contributed by atoms with Crippen LogP contribution in [0.2, 0.25) is 0 Å². The van der Waals surface area contributed by atoms with E-state index < -0.39 is 0 Å². The van der Waals surface area contributed by atoms with Gasteiger partial charge in [-0.25, -0.2) is 4.98 Å². The van der Waals surface area contributed by atoms with Gasteiger partial charge in [0.2, 0.25) is 0 Å². The minimum atomic E-state index is -0.315. The Morgan fingerprint density at radius 3 is 2.46 bits per heavy atom. The molecule has 5 heteroatoms. The Morgan fingerprint density at radius 2 is 1.77 bits per heavy atom. The van der Waals surface area contributed by atoms with E-state index in [4.69, 9.17) is 0 Å². The van der Waals surface area contributed by atoms with Gasteiger partial charge in [0.25, 0.3) is 11.5 Å². The predicted molar refractivity (Wildman–Crippen MR) is 103 cm³/mol. The predicted octanol–water partition coefficient (Wildman–Crippen LogP) is 3.55. The van der Waals surface area contributed by atoms with Crippen LogP contribution in [0.15, 0.2) is 59.4 Å². The van der Waals surface area contributed by atoms with Crippen LogP contribution in [-0.4, -0.2) is 26.9 Å². The molecule has 0 fully saturated rings. The maximum atomic E-state index is 13.0. The van der Waals surface area contributed by atoms with Crippen LogP contribution in [0.1, 0.15) is 42.5 Å². The van der Waals surface area contributed by atoms with Gasteiger partial charge < -0.3 is 4.90 Å². The molecule has 0 saturated carbocycles. The highest BCUT2D eigenvalue weighted by Gasteiger charge is 2.25. The van der Waals surface area contributed by atoms with E-state index in [0.29, 0.717) is 28.8 Å². The first-order chi connectivity index (χ1) is 12.5. The molecule has 0 spiro atoms. The summed E-state index contributed by atoms with van der Waals surface area (Å²) in [4.78, 5) is 32.2. The zero-order chi connectivity index (χ0) is 18.7. The van der Waals surface area contributed by atoms with Crippen molar-refractivity contribution in [3.63, 3.8) is 0 Å². The summed E-state index contributed by atoms with van der Waals surface area (Å²) in [7, 11) is 1.71. The van der Waals surface area contributed by atoms with Crippen molar-refractivity contribution in [1.82, 2.24) is 14.5 Å². The summed E-state index contributed by atoms with van der Waals surface area (Å²) in [6, 6.07) is 16.2. The lowest BCUT2D eigenvalue weighted by Gasteiger charge is -2.29. The molecule has 0 N–H and O–H groups in total. The van der Waals surface area contributed by atoms with Crippen LogP contribution >= 0.6 is 0 Å². The van der Waals surface area contributed by atoms with Gasteiger partial charge in [-0.2, -0.15) is 0 Å². The zero-order valence-corrected chi connectivity index (χ0v) is 15.3. The topological polar surface area (TPSA) is 55.2 Å². The fourth-order valence-corrected chi connectivity index (χ4v) is 3.21. The van der Waals surface area contributed by atoms with E-state index in [0.717, 1.165) is 6.42 Å². The monoisotopic (exact) mass is 349 g/mol. The first kappa shape index (κ1) is 17.9. The molecule has 1 heterocycles. The van der Waals surface area contributed by atoms with Gasteiger partial charge in [0, 0.05) is 19.2 Å². The van der Waals surface area contributed by atoms with Gasteiger partial charge in [-0.15, -0.1) is 0 Å². The summed E-state index contributed by atoms with van der Waals surface area (Å²) in [5, 5.41) is 0.586. The van der Waals surface area contributed by atoms with Crippen LogP contribution in [0.25, 0.3) is 10.9 Å². The van der Waals surface area contributed by atoms with E-state index in [1.54, 1.807) is 22.6 Å². The second-order valence-corrected chi connectivity index (χ2v) is 6.39. The quantitative estimate of drug-likeness (QED) is 0.708. The van der Waals surface area contributed by atoms with Crippen LogP contribution in [0.3, 0.4) is 0 Å². The molecule has 0 aliphatic carbocycles. The fourth-order valence-electron chi connectivity index (χ4n) is 3.21. The Labute approximate surface area is 152 Å². The number of fused-ring (bicyclic) bond motifs is 1. The van der Waals surface area contributed by atoms with Gasteiger partial charge >= 0.3 is 0 Å². The van der Waals surface area contributed by atoms with Crippen molar-refractivity contribution >= 4 is 16.8 Å². The SMILES string of the molecule is CCCN(C(=O)c1ccccc1)C(C)c1nc2ccccc2c(=O)n1C. The molecule has 1 atom stereocenters. The number of aromatic nitrogens is 2. The Bertz CT molecular complexity index is 979. The van der Waals surface area contributed by atoms with Crippen LogP contribution < -0.4 is 5.56 Å². The molecular formula is C21H23N3O2. The molecular weight excluding hydrogens is 326 g/mol. The molecule has 0 saturated heterocycles. The van der Waals surface area contributed by atoms with Crippen molar-refractivity contribution in [2.75, 3.05) is 6.54 Å². The second-order valence-electron chi connectivity index (χ2n) is 6.39. The Kier molecular flexibility index (Phi) is 5.16. The molecule has 0 radical (unpaired) electrons. The minimum absolute atomic E-state index is 0.0534. The smallest absolute Gasteiger partial charge is 0.261 e. The Morgan fingerprint density at radius 1 is 1.12 bits per heavy atom. The highest BCUT2D eigenvalue weighted by molar-refractivity contribution is 5.94. The molecule has 134 valence electrons. The van der Waals surface area contributed by atoms with Crippen molar-refractivity contribution < 1.29 is 4.79 Å². The summed E-state index contributed by atoms with van der Waals surface area (Å²) in [5.74, 6) is 0.536. The third kappa shape index (κ3) is 3.25. The van der Waals surface area contributed by atoms with Gasteiger partial charge in [-0.1, -0.05) is 37.3 Å². The molecule has 1 amide bonds. The number of nitrogens with zero attached hydrogens (tertiary/aromatic N) is 3. The number of carbonyl (C=O) groups is 1. The minimum Gasteiger partial charge on any atom is -0.329 e. The number of para-hydroxylation sites is 1. The van der Waals surface area contributed by atoms with E-state index in [-0.39, 0.29) is 17.5 Å². The van der Waals surface area contributed by atoms with Gasteiger partial charge in [0.1, 0.15) is 5.82 Å². The standard InChI is InChI=1S/C21H23N3O2/c1-4-14-24(20(25)16-10-6-5-7-11-16)15(2)19-22-18-13-9-8-12-17(18)21(26)23(19)3/h5-13,15H,4,14H2,1-3H3. The molecule has 0 bridgehead atoms. The fraction of sp³-hybridized carbons (Fsp3) is 0.286. The molecule has 5 nitrogen and oxygen atoms in total. The van der Waals surface area contributed by atoms with Crippen molar-refractivity contribution in [2.24, 2.45) is 7.05 Å². The molecule has 0 aliphatic rings. The number of hydrogen-bond acceptors (Lipinski definition) is 3. The van der Waals surface area contributed by atoms with Gasteiger partial charge in [-0.3, -0.25) is 14.2 Å². The van der Waals surface area contributed by atoms with E-state index in [1.165, 1.54) is 0 Å². The maximum Gasteiger partial charge on any atom is 0.261 e. The van der Waals surface area contributed by atoms with Crippen molar-refractivity contribution in [3.8, 4) is 0 Å². The number of hydrogen-bond donors (Lipinski definition) is 0. The molecule has 3 rings (SSSR count). The summed E-state index contributed by atoms with van der Waals surface area (Å²) >= 11 is 0. The normalized spacial score (nSPS) is 12.1. The lowest BCUT2D eigenvalue weighted by atomic mass is 10.1. The summed E-state index contributed by atoms with van der Waals surface area (Å²) < 4.78 is 1.55. The Hall–Kier alpha value is -2.95. The van der Waals surface area contributed by atoms with E-state index >= 15 is 0 Å². The summed E-state index contributed by atoms with van der Waals surface area (Å²) in [6.45, 7) is 4.55. The van der Waals surface area contributed by atoms with E-state index in [1.807, 2.05) is 62.4 Å². The van der Waals surface area contributed by atoms with Crippen LogP contribution in [0, 0.1) is 0 Å². The van der Waals surface area contributed by atoms with Gasteiger partial charge in [-0.05, 0) is 37.6 Å². The summed E-state index contributed by atoms with van der Waals surface area (Å²) in [6.07, 6.45) is 0.824. The second kappa shape index (κ2) is 7.52. The number of amides is 1. The third-order valence-corrected chi connectivity index (χ3v) is 4.61. The molecule has 1 unspecified atom stereocenters. The van der Waals surface area contributed by atoms with Gasteiger partial charge in [0.05, 0.1) is 16.9 Å². The molecule has 2 aromatic carbocycles. The maximum absolute atomic E-state index is 13.0. The molecule has 26 heavy (non-hydrogen) atoms. The number of benzene rings is 2. The highest BCUT2D eigenvalue weighted by atomic mass is 16.2.